The van der Waals surface area contributed by atoms with Crippen molar-refractivity contribution in [2.45, 2.75) is 26.9 Å². The van der Waals surface area contributed by atoms with E-state index in [4.69, 9.17) is 26.3 Å². The van der Waals surface area contributed by atoms with Crippen LogP contribution in [0.15, 0.2) is 36.4 Å². The third kappa shape index (κ3) is 3.21. The third-order valence-corrected chi connectivity index (χ3v) is 5.05. The van der Waals surface area contributed by atoms with Crippen molar-refractivity contribution in [3.8, 4) is 23.3 Å². The molecule has 0 fully saturated rings. The standard InChI is InChI=1S/C21H16ClN3O3/c1-12-18(11-27-17-5-6-20-15(7-17)8-21(26)28-20)13(2)25(24-12)16-4-3-14(10-23)19(22)9-16/h3-7,9H,8,11H2,1-2H3. The first-order valence-corrected chi connectivity index (χ1v) is 9.05. The number of carbonyl (C=O) groups is 1. The van der Waals surface area contributed by atoms with E-state index in [9.17, 15) is 4.79 Å². The van der Waals surface area contributed by atoms with Gasteiger partial charge in [-0.3, -0.25) is 4.79 Å². The van der Waals surface area contributed by atoms with Crippen LogP contribution < -0.4 is 9.47 Å². The molecular formula is C21H16ClN3O3. The Labute approximate surface area is 166 Å². The second-order valence-electron chi connectivity index (χ2n) is 6.55. The molecule has 0 spiro atoms. The molecule has 1 aliphatic rings. The Morgan fingerprint density at radius 3 is 2.86 bits per heavy atom. The first kappa shape index (κ1) is 18.1. The van der Waals surface area contributed by atoms with Gasteiger partial charge >= 0.3 is 5.97 Å². The zero-order valence-corrected chi connectivity index (χ0v) is 16.1. The number of ether oxygens (including phenoxy) is 2. The summed E-state index contributed by atoms with van der Waals surface area (Å²) >= 11 is 6.15. The average molecular weight is 394 g/mol. The van der Waals surface area contributed by atoms with E-state index in [1.165, 1.54) is 0 Å². The SMILES string of the molecule is Cc1nn(-c2ccc(C#N)c(Cl)c2)c(C)c1COc1ccc2c(c1)CC(=O)O2. The number of rotatable bonds is 4. The fraction of sp³-hybridized carbons (Fsp3) is 0.190. The highest BCUT2D eigenvalue weighted by atomic mass is 35.5. The van der Waals surface area contributed by atoms with Gasteiger partial charge in [0.15, 0.2) is 0 Å². The second-order valence-corrected chi connectivity index (χ2v) is 6.95. The molecule has 0 N–H and O–H groups in total. The summed E-state index contributed by atoms with van der Waals surface area (Å²) < 4.78 is 12.8. The lowest BCUT2D eigenvalue weighted by Gasteiger charge is -2.09. The molecule has 2 aromatic carbocycles. The number of nitrogens with zero attached hydrogens (tertiary/aromatic N) is 3. The number of halogens is 1. The first-order valence-electron chi connectivity index (χ1n) is 8.68. The van der Waals surface area contributed by atoms with Gasteiger partial charge in [0.25, 0.3) is 0 Å². The monoisotopic (exact) mass is 393 g/mol. The maximum absolute atomic E-state index is 11.4. The number of aryl methyl sites for hydroxylation is 1. The summed E-state index contributed by atoms with van der Waals surface area (Å²) in [5.74, 6) is 1.02. The lowest BCUT2D eigenvalue weighted by Crippen LogP contribution is -2.02. The first-order chi connectivity index (χ1) is 13.5. The van der Waals surface area contributed by atoms with Crippen molar-refractivity contribution >= 4 is 17.6 Å². The number of hydrogen-bond acceptors (Lipinski definition) is 5. The van der Waals surface area contributed by atoms with Gasteiger partial charge in [-0.2, -0.15) is 10.4 Å². The minimum Gasteiger partial charge on any atom is -0.489 e. The van der Waals surface area contributed by atoms with Crippen LogP contribution in [0.5, 0.6) is 11.5 Å². The van der Waals surface area contributed by atoms with Gasteiger partial charge in [0.1, 0.15) is 24.2 Å². The molecule has 6 nitrogen and oxygen atoms in total. The van der Waals surface area contributed by atoms with Crippen LogP contribution >= 0.6 is 11.6 Å². The number of esters is 1. The molecule has 0 atom stereocenters. The topological polar surface area (TPSA) is 77.1 Å². The largest absolute Gasteiger partial charge is 0.489 e. The van der Waals surface area contributed by atoms with Crippen molar-refractivity contribution in [2.24, 2.45) is 0 Å². The molecule has 0 unspecified atom stereocenters. The van der Waals surface area contributed by atoms with E-state index < -0.39 is 0 Å². The van der Waals surface area contributed by atoms with E-state index >= 15 is 0 Å². The highest BCUT2D eigenvalue weighted by molar-refractivity contribution is 6.31. The highest BCUT2D eigenvalue weighted by Crippen LogP contribution is 2.30. The minimum atomic E-state index is -0.249. The third-order valence-electron chi connectivity index (χ3n) is 4.73. The van der Waals surface area contributed by atoms with Gasteiger partial charge in [-0.1, -0.05) is 11.6 Å². The van der Waals surface area contributed by atoms with E-state index in [0.29, 0.717) is 28.7 Å². The van der Waals surface area contributed by atoms with Crippen molar-refractivity contribution in [1.29, 1.82) is 5.26 Å². The Balaban J connectivity index is 1.57. The number of nitriles is 1. The molecule has 0 saturated heterocycles. The molecule has 0 bridgehead atoms. The summed E-state index contributed by atoms with van der Waals surface area (Å²) in [6, 6.07) is 12.6. The fourth-order valence-electron chi connectivity index (χ4n) is 3.21. The summed E-state index contributed by atoms with van der Waals surface area (Å²) in [7, 11) is 0. The van der Waals surface area contributed by atoms with Gasteiger partial charge in [-0.05, 0) is 50.2 Å². The van der Waals surface area contributed by atoms with Gasteiger partial charge in [-0.25, -0.2) is 4.68 Å². The quantitative estimate of drug-likeness (QED) is 0.493. The molecule has 0 saturated carbocycles. The van der Waals surface area contributed by atoms with Gasteiger partial charge in [0.05, 0.1) is 28.4 Å². The zero-order chi connectivity index (χ0) is 19.8. The van der Waals surface area contributed by atoms with Crippen molar-refractivity contribution in [2.75, 3.05) is 0 Å². The van der Waals surface area contributed by atoms with Crippen molar-refractivity contribution in [3.63, 3.8) is 0 Å². The van der Waals surface area contributed by atoms with E-state index in [1.54, 1.807) is 28.9 Å². The number of fused-ring (bicyclic) bond motifs is 1. The van der Waals surface area contributed by atoms with Gasteiger partial charge < -0.3 is 9.47 Å². The van der Waals surface area contributed by atoms with Crippen LogP contribution in [0.25, 0.3) is 5.69 Å². The summed E-state index contributed by atoms with van der Waals surface area (Å²) in [6.45, 7) is 4.22. The van der Waals surface area contributed by atoms with Crippen molar-refractivity contribution in [3.05, 3.63) is 69.5 Å². The molecule has 140 valence electrons. The Kier molecular flexibility index (Phi) is 4.54. The minimum absolute atomic E-state index is 0.249. The maximum atomic E-state index is 11.4. The molecule has 4 rings (SSSR count). The smallest absolute Gasteiger partial charge is 0.315 e. The highest BCUT2D eigenvalue weighted by Gasteiger charge is 2.21. The predicted octanol–water partition coefficient (Wildman–Crippen LogP) is 4.05. The zero-order valence-electron chi connectivity index (χ0n) is 15.3. The molecule has 1 aromatic heterocycles. The summed E-state index contributed by atoms with van der Waals surface area (Å²) in [6.07, 6.45) is 0.266. The van der Waals surface area contributed by atoms with Crippen LogP contribution in [-0.4, -0.2) is 15.7 Å². The van der Waals surface area contributed by atoms with Gasteiger partial charge in [0.2, 0.25) is 0 Å². The normalized spacial score (nSPS) is 12.4. The molecular weight excluding hydrogens is 378 g/mol. The van der Waals surface area contributed by atoms with Crippen LogP contribution in [-0.2, 0) is 17.8 Å². The van der Waals surface area contributed by atoms with E-state index in [2.05, 4.69) is 11.2 Å². The van der Waals surface area contributed by atoms with Crippen LogP contribution in [0.4, 0.5) is 0 Å². The number of benzene rings is 2. The van der Waals surface area contributed by atoms with Crippen LogP contribution in [0, 0.1) is 25.2 Å². The molecule has 28 heavy (non-hydrogen) atoms. The van der Waals surface area contributed by atoms with E-state index in [0.717, 1.165) is 28.2 Å². The van der Waals surface area contributed by atoms with Crippen LogP contribution in [0.2, 0.25) is 5.02 Å². The summed E-state index contributed by atoms with van der Waals surface area (Å²) in [5, 5.41) is 14.0. The van der Waals surface area contributed by atoms with E-state index in [1.807, 2.05) is 26.0 Å². The molecule has 1 aliphatic heterocycles. The van der Waals surface area contributed by atoms with Crippen molar-refractivity contribution < 1.29 is 14.3 Å². The molecule has 7 heteroatoms. The van der Waals surface area contributed by atoms with Gasteiger partial charge in [-0.15, -0.1) is 0 Å². The summed E-state index contributed by atoms with van der Waals surface area (Å²) in [4.78, 5) is 11.4. The number of aromatic nitrogens is 2. The number of carbonyl (C=O) groups excluding carboxylic acids is 1. The van der Waals surface area contributed by atoms with Crippen molar-refractivity contribution in [1.82, 2.24) is 9.78 Å². The molecule has 0 amide bonds. The molecule has 0 radical (unpaired) electrons. The lowest BCUT2D eigenvalue weighted by molar-refractivity contribution is -0.131. The second kappa shape index (κ2) is 7.02. The predicted molar refractivity (Wildman–Crippen MR) is 103 cm³/mol. The fourth-order valence-corrected chi connectivity index (χ4v) is 3.43. The van der Waals surface area contributed by atoms with Gasteiger partial charge in [0, 0.05) is 16.8 Å². The average Bonchev–Trinajstić information content (AvgIpc) is 3.18. The Morgan fingerprint density at radius 2 is 2.11 bits per heavy atom. The van der Waals surface area contributed by atoms with Crippen LogP contribution in [0.1, 0.15) is 28.1 Å². The van der Waals surface area contributed by atoms with E-state index in [-0.39, 0.29) is 12.4 Å². The lowest BCUT2D eigenvalue weighted by atomic mass is 10.1. The Morgan fingerprint density at radius 1 is 1.29 bits per heavy atom. The molecule has 2 heterocycles. The Bertz CT molecular complexity index is 1140. The Hall–Kier alpha value is -3.30. The molecule has 0 aliphatic carbocycles. The summed E-state index contributed by atoms with van der Waals surface area (Å²) in [5.41, 5.74) is 4.78. The van der Waals surface area contributed by atoms with Crippen LogP contribution in [0.3, 0.4) is 0 Å². The number of hydrogen-bond donors (Lipinski definition) is 0. The molecule has 3 aromatic rings. The maximum Gasteiger partial charge on any atom is 0.315 e.